The first-order chi connectivity index (χ1) is 12.2. The van der Waals surface area contributed by atoms with Gasteiger partial charge in [-0.05, 0) is 22.8 Å². The third kappa shape index (κ3) is 3.27. The highest BCUT2D eigenvalue weighted by Crippen LogP contribution is 2.37. The smallest absolute Gasteiger partial charge is 0.310 e. The lowest BCUT2D eigenvalue weighted by Gasteiger charge is -2.17. The minimum absolute atomic E-state index is 0.114. The van der Waals surface area contributed by atoms with Crippen LogP contribution in [0.4, 0.5) is 0 Å². The number of fused-ring (bicyclic) bond motifs is 1. The predicted octanol–water partition coefficient (Wildman–Crippen LogP) is 3.01. The normalized spacial score (nSPS) is 22.4. The van der Waals surface area contributed by atoms with Crippen LogP contribution in [0.2, 0.25) is 0 Å². The third-order valence-corrected chi connectivity index (χ3v) is 5.29. The fraction of sp³-hybridized carbons (Fsp3) is 0.381. The molecular weight excluding hydrogens is 314 g/mol. The number of carbonyl (C=O) groups is 1. The molecule has 2 aromatic rings. The lowest BCUT2D eigenvalue weighted by Crippen LogP contribution is -2.24. The standard InChI is InChI=1S/C21H23NO3/c1-24-21(23)19-14-22(12-15-5-3-2-4-6-15)13-18(19)16-7-8-20-17(11-16)9-10-25-20/h2-8,11,18-19H,9-10,12-14H2,1H3. The monoisotopic (exact) mass is 337 g/mol. The topological polar surface area (TPSA) is 38.8 Å². The predicted molar refractivity (Wildman–Crippen MR) is 95.6 cm³/mol. The first-order valence-corrected chi connectivity index (χ1v) is 8.84. The molecule has 0 bridgehead atoms. The Morgan fingerprint density at radius 1 is 1.20 bits per heavy atom. The van der Waals surface area contributed by atoms with Gasteiger partial charge in [-0.15, -0.1) is 0 Å². The summed E-state index contributed by atoms with van der Waals surface area (Å²) in [5, 5.41) is 0. The largest absolute Gasteiger partial charge is 0.493 e. The van der Waals surface area contributed by atoms with Crippen LogP contribution in [0.3, 0.4) is 0 Å². The van der Waals surface area contributed by atoms with Crippen molar-refractivity contribution >= 4 is 5.97 Å². The van der Waals surface area contributed by atoms with Crippen molar-refractivity contribution in [2.75, 3.05) is 26.8 Å². The number of rotatable bonds is 4. The van der Waals surface area contributed by atoms with Crippen LogP contribution in [-0.4, -0.2) is 37.7 Å². The maximum atomic E-state index is 12.4. The van der Waals surface area contributed by atoms with Crippen molar-refractivity contribution in [2.45, 2.75) is 18.9 Å². The molecule has 2 unspecified atom stereocenters. The van der Waals surface area contributed by atoms with Crippen LogP contribution in [0, 0.1) is 5.92 Å². The van der Waals surface area contributed by atoms with Gasteiger partial charge >= 0.3 is 5.97 Å². The van der Waals surface area contributed by atoms with Crippen molar-refractivity contribution in [2.24, 2.45) is 5.92 Å². The van der Waals surface area contributed by atoms with Gasteiger partial charge in [-0.1, -0.05) is 42.5 Å². The lowest BCUT2D eigenvalue weighted by molar-refractivity contribution is -0.145. The number of hydrogen-bond acceptors (Lipinski definition) is 4. The highest BCUT2D eigenvalue weighted by atomic mass is 16.5. The number of likely N-dealkylation sites (tertiary alicyclic amines) is 1. The zero-order valence-electron chi connectivity index (χ0n) is 14.5. The van der Waals surface area contributed by atoms with E-state index in [9.17, 15) is 4.79 Å². The van der Waals surface area contributed by atoms with Crippen molar-refractivity contribution in [1.82, 2.24) is 4.90 Å². The fourth-order valence-electron chi connectivity index (χ4n) is 4.02. The van der Waals surface area contributed by atoms with Crippen LogP contribution in [0.5, 0.6) is 5.75 Å². The van der Waals surface area contributed by atoms with Crippen LogP contribution in [0.15, 0.2) is 48.5 Å². The SMILES string of the molecule is COC(=O)C1CN(Cc2ccccc2)CC1c1ccc2c(c1)CCO2. The van der Waals surface area contributed by atoms with Crippen molar-refractivity contribution in [3.8, 4) is 5.75 Å². The second-order valence-electron chi connectivity index (χ2n) is 6.88. The summed E-state index contributed by atoms with van der Waals surface area (Å²) in [6, 6.07) is 16.8. The Morgan fingerprint density at radius 2 is 2.04 bits per heavy atom. The van der Waals surface area contributed by atoms with E-state index in [1.807, 2.05) is 12.1 Å². The first kappa shape index (κ1) is 16.2. The summed E-state index contributed by atoms with van der Waals surface area (Å²) in [6.07, 6.45) is 0.951. The molecule has 0 aromatic heterocycles. The summed E-state index contributed by atoms with van der Waals surface area (Å²) in [4.78, 5) is 14.7. The minimum Gasteiger partial charge on any atom is -0.493 e. The summed E-state index contributed by atoms with van der Waals surface area (Å²) in [5.41, 5.74) is 3.74. The Hall–Kier alpha value is -2.33. The molecule has 2 aliphatic heterocycles. The van der Waals surface area contributed by atoms with Crippen LogP contribution >= 0.6 is 0 Å². The number of esters is 1. The van der Waals surface area contributed by atoms with E-state index in [1.165, 1.54) is 23.8 Å². The van der Waals surface area contributed by atoms with Gasteiger partial charge in [0, 0.05) is 32.0 Å². The third-order valence-electron chi connectivity index (χ3n) is 5.29. The van der Waals surface area contributed by atoms with Gasteiger partial charge in [-0.25, -0.2) is 0 Å². The first-order valence-electron chi connectivity index (χ1n) is 8.84. The number of benzene rings is 2. The van der Waals surface area contributed by atoms with E-state index in [4.69, 9.17) is 9.47 Å². The van der Waals surface area contributed by atoms with Gasteiger partial charge in [-0.2, -0.15) is 0 Å². The zero-order valence-corrected chi connectivity index (χ0v) is 14.5. The summed E-state index contributed by atoms with van der Waals surface area (Å²) in [7, 11) is 1.48. The summed E-state index contributed by atoms with van der Waals surface area (Å²) in [5.74, 6) is 0.922. The molecular formula is C21H23NO3. The van der Waals surface area contributed by atoms with Crippen LogP contribution in [-0.2, 0) is 22.5 Å². The average Bonchev–Trinajstić information content (AvgIpc) is 3.28. The number of carbonyl (C=O) groups excluding carboxylic acids is 1. The van der Waals surface area contributed by atoms with Crippen molar-refractivity contribution in [1.29, 1.82) is 0 Å². The second kappa shape index (κ2) is 6.89. The van der Waals surface area contributed by atoms with E-state index >= 15 is 0 Å². The molecule has 0 amide bonds. The molecule has 4 nitrogen and oxygen atoms in total. The van der Waals surface area contributed by atoms with Crippen molar-refractivity contribution in [3.05, 3.63) is 65.2 Å². The molecule has 0 N–H and O–H groups in total. The summed E-state index contributed by atoms with van der Waals surface area (Å²) in [6.45, 7) is 3.22. The molecule has 2 aromatic carbocycles. The molecule has 4 rings (SSSR count). The van der Waals surface area contributed by atoms with E-state index in [0.29, 0.717) is 0 Å². The number of ether oxygens (including phenoxy) is 2. The molecule has 2 aliphatic rings. The molecule has 2 heterocycles. The Kier molecular flexibility index (Phi) is 4.45. The Bertz CT molecular complexity index is 759. The van der Waals surface area contributed by atoms with Gasteiger partial charge in [0.1, 0.15) is 5.75 Å². The van der Waals surface area contributed by atoms with Crippen LogP contribution < -0.4 is 4.74 Å². The lowest BCUT2D eigenvalue weighted by atomic mass is 9.88. The molecule has 1 fully saturated rings. The van der Waals surface area contributed by atoms with Gasteiger partial charge in [0.2, 0.25) is 0 Å². The fourth-order valence-corrected chi connectivity index (χ4v) is 4.02. The average molecular weight is 337 g/mol. The van der Waals surface area contributed by atoms with Gasteiger partial charge in [-0.3, -0.25) is 9.69 Å². The Morgan fingerprint density at radius 3 is 2.84 bits per heavy atom. The highest BCUT2D eigenvalue weighted by Gasteiger charge is 2.39. The number of nitrogens with zero attached hydrogens (tertiary/aromatic N) is 1. The highest BCUT2D eigenvalue weighted by molar-refractivity contribution is 5.74. The summed E-state index contributed by atoms with van der Waals surface area (Å²) >= 11 is 0. The van der Waals surface area contributed by atoms with E-state index in [2.05, 4.69) is 41.3 Å². The molecule has 25 heavy (non-hydrogen) atoms. The molecule has 0 spiro atoms. The van der Waals surface area contributed by atoms with Gasteiger partial charge < -0.3 is 9.47 Å². The van der Waals surface area contributed by atoms with E-state index < -0.39 is 0 Å². The van der Waals surface area contributed by atoms with Crippen molar-refractivity contribution in [3.63, 3.8) is 0 Å². The second-order valence-corrected chi connectivity index (χ2v) is 6.88. The van der Waals surface area contributed by atoms with E-state index in [1.54, 1.807) is 0 Å². The number of hydrogen-bond donors (Lipinski definition) is 0. The molecule has 0 saturated carbocycles. The summed E-state index contributed by atoms with van der Waals surface area (Å²) < 4.78 is 10.7. The molecule has 0 aliphatic carbocycles. The Labute approximate surface area is 148 Å². The molecule has 0 radical (unpaired) electrons. The van der Waals surface area contributed by atoms with Crippen molar-refractivity contribution < 1.29 is 14.3 Å². The number of methoxy groups -OCH3 is 1. The van der Waals surface area contributed by atoms with Gasteiger partial charge in [0.25, 0.3) is 0 Å². The molecule has 2 atom stereocenters. The van der Waals surface area contributed by atoms with E-state index in [-0.39, 0.29) is 17.8 Å². The molecule has 1 saturated heterocycles. The maximum Gasteiger partial charge on any atom is 0.310 e. The Balaban J connectivity index is 1.57. The molecule has 130 valence electrons. The van der Waals surface area contributed by atoms with Crippen LogP contribution in [0.1, 0.15) is 22.6 Å². The quantitative estimate of drug-likeness (QED) is 0.804. The van der Waals surface area contributed by atoms with Gasteiger partial charge in [0.05, 0.1) is 19.6 Å². The maximum absolute atomic E-state index is 12.4. The van der Waals surface area contributed by atoms with E-state index in [0.717, 1.165) is 38.4 Å². The van der Waals surface area contributed by atoms with Crippen LogP contribution in [0.25, 0.3) is 0 Å². The van der Waals surface area contributed by atoms with Gasteiger partial charge in [0.15, 0.2) is 0 Å². The minimum atomic E-state index is -0.117. The molecule has 4 heteroatoms. The zero-order chi connectivity index (χ0) is 17.2.